The second-order valence-corrected chi connectivity index (χ2v) is 7.12. The van der Waals surface area contributed by atoms with E-state index in [0.29, 0.717) is 0 Å². The van der Waals surface area contributed by atoms with E-state index in [2.05, 4.69) is 5.32 Å². The summed E-state index contributed by atoms with van der Waals surface area (Å²) >= 11 is 0. The van der Waals surface area contributed by atoms with E-state index < -0.39 is 23.9 Å². The predicted molar refractivity (Wildman–Crippen MR) is 72.4 cm³/mol. The van der Waals surface area contributed by atoms with Gasteiger partial charge in [-0.3, -0.25) is 10.1 Å². The third-order valence-corrected chi connectivity index (χ3v) is 5.36. The van der Waals surface area contributed by atoms with Crippen LogP contribution in [0.15, 0.2) is 0 Å². The molecule has 0 aromatic carbocycles. The van der Waals surface area contributed by atoms with Gasteiger partial charge >= 0.3 is 6.18 Å². The fourth-order valence-corrected chi connectivity index (χ4v) is 3.97. The zero-order valence-corrected chi connectivity index (χ0v) is 12.5. The first-order chi connectivity index (χ1) is 9.78. The van der Waals surface area contributed by atoms with Gasteiger partial charge in [0.25, 0.3) is 0 Å². The standard InChI is InChI=1S/C15H23F3N2O/c1-9(2)11-13(21)20(14(7-8-14)15(16,17)18)12(19-11)10-5-3-4-6-10/h9-12,19H,3-8H2,1-2H3. The quantitative estimate of drug-likeness (QED) is 0.869. The normalized spacial score (nSPS) is 33.2. The highest BCUT2D eigenvalue weighted by atomic mass is 19.4. The van der Waals surface area contributed by atoms with Crippen molar-refractivity contribution >= 4 is 5.91 Å². The zero-order valence-electron chi connectivity index (χ0n) is 12.5. The molecular weight excluding hydrogens is 281 g/mol. The van der Waals surface area contributed by atoms with E-state index >= 15 is 0 Å². The SMILES string of the molecule is CC(C)C1NC(C2CCCC2)N(C2(C(F)(F)F)CC2)C1=O. The summed E-state index contributed by atoms with van der Waals surface area (Å²) in [5, 5.41) is 3.23. The Morgan fingerprint density at radius 1 is 1.24 bits per heavy atom. The van der Waals surface area contributed by atoms with E-state index in [9.17, 15) is 18.0 Å². The summed E-state index contributed by atoms with van der Waals surface area (Å²) in [4.78, 5) is 13.8. The monoisotopic (exact) mass is 304 g/mol. The molecule has 3 rings (SSSR count). The van der Waals surface area contributed by atoms with Crippen LogP contribution < -0.4 is 5.32 Å². The van der Waals surface area contributed by atoms with Crippen LogP contribution >= 0.6 is 0 Å². The Balaban J connectivity index is 1.92. The van der Waals surface area contributed by atoms with Gasteiger partial charge in [0, 0.05) is 0 Å². The minimum Gasteiger partial charge on any atom is -0.311 e. The van der Waals surface area contributed by atoms with Crippen molar-refractivity contribution in [1.82, 2.24) is 10.2 Å². The van der Waals surface area contributed by atoms with Crippen molar-refractivity contribution < 1.29 is 18.0 Å². The lowest BCUT2D eigenvalue weighted by molar-refractivity contribution is -0.204. The first kappa shape index (κ1) is 15.1. The van der Waals surface area contributed by atoms with Gasteiger partial charge in [0.15, 0.2) is 0 Å². The average molecular weight is 304 g/mol. The van der Waals surface area contributed by atoms with Crippen LogP contribution in [0.25, 0.3) is 0 Å². The molecule has 0 aromatic heterocycles. The number of alkyl halides is 3. The highest BCUT2D eigenvalue weighted by Crippen LogP contribution is 2.56. The number of rotatable bonds is 3. The third-order valence-electron chi connectivity index (χ3n) is 5.36. The minimum atomic E-state index is -4.33. The summed E-state index contributed by atoms with van der Waals surface area (Å²) in [5.41, 5.74) is -1.89. The van der Waals surface area contributed by atoms with E-state index in [1.807, 2.05) is 13.8 Å². The zero-order chi connectivity index (χ0) is 15.4. The van der Waals surface area contributed by atoms with Crippen LogP contribution in [-0.4, -0.2) is 34.7 Å². The largest absolute Gasteiger partial charge is 0.411 e. The number of nitrogens with one attached hydrogen (secondary N) is 1. The molecule has 1 saturated heterocycles. The van der Waals surface area contributed by atoms with E-state index in [4.69, 9.17) is 0 Å². The maximum absolute atomic E-state index is 13.5. The van der Waals surface area contributed by atoms with Crippen LogP contribution in [-0.2, 0) is 4.79 Å². The molecule has 3 aliphatic rings. The molecule has 2 unspecified atom stereocenters. The molecule has 2 aliphatic carbocycles. The van der Waals surface area contributed by atoms with Gasteiger partial charge in [-0.05, 0) is 37.5 Å². The molecule has 0 radical (unpaired) electrons. The Hall–Kier alpha value is -0.780. The van der Waals surface area contributed by atoms with Crippen LogP contribution in [0, 0.1) is 11.8 Å². The van der Waals surface area contributed by atoms with Crippen molar-refractivity contribution in [2.45, 2.75) is 76.3 Å². The Labute approximate surface area is 123 Å². The van der Waals surface area contributed by atoms with Crippen LogP contribution in [0.5, 0.6) is 0 Å². The molecule has 1 aliphatic heterocycles. The lowest BCUT2D eigenvalue weighted by Crippen LogP contribution is -2.55. The molecular formula is C15H23F3N2O. The van der Waals surface area contributed by atoms with Gasteiger partial charge in [0.05, 0.1) is 12.2 Å². The Morgan fingerprint density at radius 2 is 1.81 bits per heavy atom. The van der Waals surface area contributed by atoms with Crippen molar-refractivity contribution in [2.75, 3.05) is 0 Å². The van der Waals surface area contributed by atoms with Gasteiger partial charge in [-0.25, -0.2) is 0 Å². The van der Waals surface area contributed by atoms with Gasteiger partial charge in [-0.1, -0.05) is 26.7 Å². The van der Waals surface area contributed by atoms with Gasteiger partial charge < -0.3 is 4.90 Å². The molecule has 1 amide bonds. The van der Waals surface area contributed by atoms with Gasteiger partial charge in [-0.2, -0.15) is 13.2 Å². The summed E-state index contributed by atoms with van der Waals surface area (Å²) in [6.07, 6.45) is -0.716. The highest BCUT2D eigenvalue weighted by Gasteiger charge is 2.71. The molecule has 21 heavy (non-hydrogen) atoms. The molecule has 2 saturated carbocycles. The number of carbonyl (C=O) groups excluding carboxylic acids is 1. The summed E-state index contributed by atoms with van der Waals surface area (Å²) in [7, 11) is 0. The van der Waals surface area contributed by atoms with E-state index in [-0.39, 0.29) is 30.6 Å². The first-order valence-electron chi connectivity index (χ1n) is 7.94. The molecule has 6 heteroatoms. The van der Waals surface area contributed by atoms with E-state index in [1.54, 1.807) is 0 Å². The molecule has 2 atom stereocenters. The molecule has 120 valence electrons. The van der Waals surface area contributed by atoms with Crippen molar-refractivity contribution in [3.8, 4) is 0 Å². The van der Waals surface area contributed by atoms with Gasteiger partial charge in [-0.15, -0.1) is 0 Å². The predicted octanol–water partition coefficient (Wildman–Crippen LogP) is 3.05. The molecule has 0 bridgehead atoms. The number of hydrogen-bond donors (Lipinski definition) is 1. The topological polar surface area (TPSA) is 32.3 Å². The number of halogens is 3. The van der Waals surface area contributed by atoms with Crippen LogP contribution in [0.3, 0.4) is 0 Å². The fourth-order valence-electron chi connectivity index (χ4n) is 3.97. The molecule has 3 fully saturated rings. The number of hydrogen-bond acceptors (Lipinski definition) is 2. The number of amides is 1. The number of carbonyl (C=O) groups is 1. The van der Waals surface area contributed by atoms with Crippen LogP contribution in [0.2, 0.25) is 0 Å². The van der Waals surface area contributed by atoms with Gasteiger partial charge in [0.1, 0.15) is 5.54 Å². The average Bonchev–Trinajstić information content (AvgIpc) is 2.87. The maximum atomic E-state index is 13.5. The maximum Gasteiger partial charge on any atom is 0.411 e. The Morgan fingerprint density at radius 3 is 2.24 bits per heavy atom. The lowest BCUT2D eigenvalue weighted by Gasteiger charge is -2.37. The van der Waals surface area contributed by atoms with Crippen molar-refractivity contribution in [3.63, 3.8) is 0 Å². The minimum absolute atomic E-state index is 0.00966. The highest BCUT2D eigenvalue weighted by molar-refractivity contribution is 5.86. The lowest BCUT2D eigenvalue weighted by atomic mass is 10.0. The molecule has 0 spiro atoms. The third kappa shape index (κ3) is 2.26. The second-order valence-electron chi connectivity index (χ2n) is 7.12. The Kier molecular flexibility index (Phi) is 3.50. The van der Waals surface area contributed by atoms with Crippen molar-refractivity contribution in [3.05, 3.63) is 0 Å². The summed E-state index contributed by atoms with van der Waals surface area (Å²) in [6.45, 7) is 3.77. The van der Waals surface area contributed by atoms with E-state index in [1.165, 1.54) is 4.90 Å². The van der Waals surface area contributed by atoms with Crippen molar-refractivity contribution in [2.24, 2.45) is 11.8 Å². The molecule has 0 aromatic rings. The second kappa shape index (κ2) is 4.86. The summed E-state index contributed by atoms with van der Waals surface area (Å²) < 4.78 is 40.5. The molecule has 1 heterocycles. The van der Waals surface area contributed by atoms with E-state index in [0.717, 1.165) is 25.7 Å². The first-order valence-corrected chi connectivity index (χ1v) is 7.94. The molecule has 3 nitrogen and oxygen atoms in total. The van der Waals surface area contributed by atoms with Crippen LogP contribution in [0.4, 0.5) is 13.2 Å². The van der Waals surface area contributed by atoms with Gasteiger partial charge in [0.2, 0.25) is 5.91 Å². The fraction of sp³-hybridized carbons (Fsp3) is 0.933. The van der Waals surface area contributed by atoms with Crippen molar-refractivity contribution in [1.29, 1.82) is 0 Å². The Bertz CT molecular complexity index is 425. The number of nitrogens with zero attached hydrogens (tertiary/aromatic N) is 1. The smallest absolute Gasteiger partial charge is 0.311 e. The molecule has 1 N–H and O–H groups in total. The van der Waals surface area contributed by atoms with Crippen LogP contribution in [0.1, 0.15) is 52.4 Å². The summed E-state index contributed by atoms with van der Waals surface area (Å²) in [5.74, 6) is -0.176. The summed E-state index contributed by atoms with van der Waals surface area (Å²) in [6, 6.07) is -0.476.